The number of nitrogens with zero attached hydrogens (tertiary/aromatic N) is 2. The number of halogens is 3. The number of nitrogens with one attached hydrogen (secondary N) is 2. The van der Waals surface area contributed by atoms with Gasteiger partial charge in [0.25, 0.3) is 5.91 Å². The number of carbonyl (C=O) groups is 1. The molecule has 4 rings (SSSR count). The Morgan fingerprint density at radius 3 is 2.48 bits per heavy atom. The molecular formula is C24H21F3N4O2. The van der Waals surface area contributed by atoms with Gasteiger partial charge in [-0.15, -0.1) is 0 Å². The van der Waals surface area contributed by atoms with E-state index in [1.54, 1.807) is 28.4 Å². The third-order valence-electron chi connectivity index (χ3n) is 5.51. The third kappa shape index (κ3) is 4.89. The lowest BCUT2D eigenvalue weighted by atomic mass is 10.1. The highest BCUT2D eigenvalue weighted by atomic mass is 19.1. The molecule has 0 saturated carbocycles. The fraction of sp³-hybridized carbons (Fsp3) is 0.167. The molecule has 0 aliphatic rings. The molecule has 2 heterocycles. The normalized spacial score (nSPS) is 12.2. The van der Waals surface area contributed by atoms with Crippen LogP contribution in [0.15, 0.2) is 60.9 Å². The second-order valence-electron chi connectivity index (χ2n) is 7.70. The lowest BCUT2D eigenvalue weighted by molar-refractivity contribution is 0.0701. The van der Waals surface area contributed by atoms with Crippen molar-refractivity contribution >= 4 is 16.8 Å². The molecule has 0 fully saturated rings. The van der Waals surface area contributed by atoms with E-state index in [0.29, 0.717) is 23.0 Å². The molecule has 0 spiro atoms. The fourth-order valence-electron chi connectivity index (χ4n) is 3.68. The van der Waals surface area contributed by atoms with E-state index in [1.807, 2.05) is 6.92 Å². The molecule has 2 aromatic carbocycles. The molecule has 3 N–H and O–H groups in total. The average molecular weight is 454 g/mol. The zero-order chi connectivity index (χ0) is 23.5. The van der Waals surface area contributed by atoms with Crippen molar-refractivity contribution < 1.29 is 23.2 Å². The number of rotatable bonds is 7. The third-order valence-corrected chi connectivity index (χ3v) is 5.51. The van der Waals surface area contributed by atoms with Crippen LogP contribution in [-0.4, -0.2) is 20.7 Å². The van der Waals surface area contributed by atoms with Crippen LogP contribution in [0.5, 0.6) is 0 Å². The highest BCUT2D eigenvalue weighted by Gasteiger charge is 2.16. The highest BCUT2D eigenvalue weighted by molar-refractivity contribution is 5.96. The SMILES string of the molecule is CC(NCc1cn(Cc2ccc(F)cc2F)c2cnc(C(=O)NO)cc12)c1ccc(F)cc1. The van der Waals surface area contributed by atoms with Crippen LogP contribution in [-0.2, 0) is 13.1 Å². The van der Waals surface area contributed by atoms with E-state index >= 15 is 0 Å². The Labute approximate surface area is 187 Å². The van der Waals surface area contributed by atoms with Gasteiger partial charge in [0.2, 0.25) is 0 Å². The lowest BCUT2D eigenvalue weighted by Gasteiger charge is -2.14. The van der Waals surface area contributed by atoms with Gasteiger partial charge in [-0.2, -0.15) is 0 Å². The summed E-state index contributed by atoms with van der Waals surface area (Å²) in [5.41, 5.74) is 4.21. The van der Waals surface area contributed by atoms with E-state index in [1.165, 1.54) is 36.5 Å². The molecule has 0 aliphatic carbocycles. The molecule has 33 heavy (non-hydrogen) atoms. The van der Waals surface area contributed by atoms with Crippen molar-refractivity contribution in [1.82, 2.24) is 20.3 Å². The summed E-state index contributed by atoms with van der Waals surface area (Å²) in [6, 6.07) is 11.0. The van der Waals surface area contributed by atoms with Gasteiger partial charge in [-0.1, -0.05) is 18.2 Å². The lowest BCUT2D eigenvalue weighted by Crippen LogP contribution is -2.20. The predicted octanol–water partition coefficient (Wildman–Crippen LogP) is 4.47. The van der Waals surface area contributed by atoms with Gasteiger partial charge >= 0.3 is 0 Å². The van der Waals surface area contributed by atoms with Crippen LogP contribution in [0, 0.1) is 17.5 Å². The number of fused-ring (bicyclic) bond motifs is 1. The van der Waals surface area contributed by atoms with Crippen molar-refractivity contribution in [1.29, 1.82) is 0 Å². The number of carbonyl (C=O) groups excluding carboxylic acids is 1. The van der Waals surface area contributed by atoms with Crippen molar-refractivity contribution in [2.45, 2.75) is 26.1 Å². The molecule has 1 amide bonds. The molecule has 170 valence electrons. The van der Waals surface area contributed by atoms with Gasteiger partial charge in [0.15, 0.2) is 0 Å². The van der Waals surface area contributed by atoms with E-state index < -0.39 is 17.5 Å². The first-order chi connectivity index (χ1) is 15.9. The number of amides is 1. The van der Waals surface area contributed by atoms with Crippen molar-refractivity contribution in [2.24, 2.45) is 0 Å². The standard InChI is InChI=1S/C24H21F3N4O2/c1-14(15-2-5-18(25)6-3-15)28-10-17-13-31(12-16-4-7-19(26)8-21(16)27)23-11-29-22(9-20(17)23)24(32)30-33/h2-9,11,13-14,28,33H,10,12H2,1H3,(H,30,32). The Hall–Kier alpha value is -3.69. The van der Waals surface area contributed by atoms with Crippen LogP contribution < -0.4 is 10.8 Å². The smallest absolute Gasteiger partial charge is 0.293 e. The van der Waals surface area contributed by atoms with Crippen LogP contribution in [0.4, 0.5) is 13.2 Å². The Balaban J connectivity index is 1.67. The number of pyridine rings is 1. The second-order valence-corrected chi connectivity index (χ2v) is 7.70. The Morgan fingerprint density at radius 2 is 1.79 bits per heavy atom. The van der Waals surface area contributed by atoms with Crippen LogP contribution in [0.25, 0.3) is 10.9 Å². The van der Waals surface area contributed by atoms with Crippen molar-refractivity contribution in [3.8, 4) is 0 Å². The largest absolute Gasteiger partial charge is 0.341 e. The topological polar surface area (TPSA) is 79.2 Å². The summed E-state index contributed by atoms with van der Waals surface area (Å²) >= 11 is 0. The summed E-state index contributed by atoms with van der Waals surface area (Å²) < 4.78 is 42.5. The predicted molar refractivity (Wildman–Crippen MR) is 116 cm³/mol. The van der Waals surface area contributed by atoms with Gasteiger partial charge in [-0.3, -0.25) is 10.0 Å². The van der Waals surface area contributed by atoms with Crippen molar-refractivity contribution in [2.75, 3.05) is 0 Å². The molecule has 0 saturated heterocycles. The van der Waals surface area contributed by atoms with E-state index in [2.05, 4.69) is 10.3 Å². The molecule has 0 aliphatic heterocycles. The Morgan fingerprint density at radius 1 is 1.06 bits per heavy atom. The highest BCUT2D eigenvalue weighted by Crippen LogP contribution is 2.25. The minimum absolute atomic E-state index is 0.0172. The molecule has 1 atom stereocenters. The average Bonchev–Trinajstić information content (AvgIpc) is 3.15. The van der Waals surface area contributed by atoms with Crippen LogP contribution in [0.2, 0.25) is 0 Å². The number of hydroxylamine groups is 1. The van der Waals surface area contributed by atoms with Gasteiger partial charge in [-0.05, 0) is 42.3 Å². The summed E-state index contributed by atoms with van der Waals surface area (Å²) in [4.78, 5) is 15.9. The minimum atomic E-state index is -0.757. The number of aromatic nitrogens is 2. The molecular weight excluding hydrogens is 433 g/mol. The summed E-state index contributed by atoms with van der Waals surface area (Å²) in [6.45, 7) is 2.45. The Kier molecular flexibility index (Phi) is 6.43. The Bertz CT molecular complexity index is 1310. The van der Waals surface area contributed by atoms with Crippen molar-refractivity contribution in [3.63, 3.8) is 0 Å². The van der Waals surface area contributed by atoms with Crippen LogP contribution in [0.1, 0.15) is 40.1 Å². The first-order valence-corrected chi connectivity index (χ1v) is 10.2. The summed E-state index contributed by atoms with van der Waals surface area (Å²) in [7, 11) is 0. The van der Waals surface area contributed by atoms with Crippen molar-refractivity contribution in [3.05, 3.63) is 101 Å². The maximum atomic E-state index is 14.2. The zero-order valence-corrected chi connectivity index (χ0v) is 17.6. The number of hydrogen-bond donors (Lipinski definition) is 3. The fourth-order valence-corrected chi connectivity index (χ4v) is 3.68. The molecule has 6 nitrogen and oxygen atoms in total. The van der Waals surface area contributed by atoms with Gasteiger partial charge in [0.05, 0.1) is 18.3 Å². The monoisotopic (exact) mass is 454 g/mol. The van der Waals surface area contributed by atoms with E-state index in [-0.39, 0.29) is 24.1 Å². The van der Waals surface area contributed by atoms with E-state index in [4.69, 9.17) is 5.21 Å². The zero-order valence-electron chi connectivity index (χ0n) is 17.6. The summed E-state index contributed by atoms with van der Waals surface area (Å²) in [5, 5.41) is 13.0. The van der Waals surface area contributed by atoms with Gasteiger partial charge in [0, 0.05) is 35.8 Å². The quantitative estimate of drug-likeness (QED) is 0.284. The molecule has 1 unspecified atom stereocenters. The second kappa shape index (κ2) is 9.43. The van der Waals surface area contributed by atoms with Gasteiger partial charge in [0.1, 0.15) is 23.1 Å². The minimum Gasteiger partial charge on any atom is -0.341 e. The molecule has 4 aromatic rings. The molecule has 2 aromatic heterocycles. The van der Waals surface area contributed by atoms with Crippen LogP contribution >= 0.6 is 0 Å². The van der Waals surface area contributed by atoms with Crippen LogP contribution in [0.3, 0.4) is 0 Å². The summed E-state index contributed by atoms with van der Waals surface area (Å²) in [6.07, 6.45) is 3.27. The van der Waals surface area contributed by atoms with Gasteiger partial charge in [-0.25, -0.2) is 23.6 Å². The first kappa shape index (κ1) is 22.5. The van der Waals surface area contributed by atoms with E-state index in [0.717, 1.165) is 17.2 Å². The molecule has 0 bridgehead atoms. The number of benzene rings is 2. The summed E-state index contributed by atoms with van der Waals surface area (Å²) in [5.74, 6) is -2.39. The maximum Gasteiger partial charge on any atom is 0.293 e. The molecule has 0 radical (unpaired) electrons. The maximum absolute atomic E-state index is 14.2. The van der Waals surface area contributed by atoms with Gasteiger partial charge < -0.3 is 9.88 Å². The molecule has 9 heteroatoms. The van der Waals surface area contributed by atoms with E-state index in [9.17, 15) is 18.0 Å². The number of hydrogen-bond acceptors (Lipinski definition) is 4. The first-order valence-electron chi connectivity index (χ1n) is 10.2.